The SMILES string of the molecule is NCCCC(=O)CC1CCC(=O)C(=O)C1. The normalized spacial score (nSPS) is 21.8. The molecule has 1 aliphatic rings. The van der Waals surface area contributed by atoms with E-state index >= 15 is 0 Å². The number of ketones is 3. The second kappa shape index (κ2) is 5.75. The van der Waals surface area contributed by atoms with E-state index in [4.69, 9.17) is 5.73 Å². The Hall–Kier alpha value is -1.03. The number of nitrogens with two attached hydrogens (primary N) is 1. The number of rotatable bonds is 5. The average molecular weight is 211 g/mol. The molecule has 0 aromatic carbocycles. The van der Waals surface area contributed by atoms with Crippen molar-refractivity contribution >= 4 is 17.3 Å². The zero-order valence-corrected chi connectivity index (χ0v) is 8.83. The summed E-state index contributed by atoms with van der Waals surface area (Å²) in [5.74, 6) is -0.341. The van der Waals surface area contributed by atoms with Crippen molar-refractivity contribution in [2.24, 2.45) is 11.7 Å². The van der Waals surface area contributed by atoms with Crippen LogP contribution in [0.5, 0.6) is 0 Å². The summed E-state index contributed by atoms with van der Waals surface area (Å²) in [6.45, 7) is 0.522. The van der Waals surface area contributed by atoms with Crippen molar-refractivity contribution in [1.82, 2.24) is 0 Å². The van der Waals surface area contributed by atoms with Crippen LogP contribution in [0.4, 0.5) is 0 Å². The average Bonchev–Trinajstić information content (AvgIpc) is 2.20. The van der Waals surface area contributed by atoms with Gasteiger partial charge in [-0.2, -0.15) is 0 Å². The van der Waals surface area contributed by atoms with Crippen LogP contribution in [0.2, 0.25) is 0 Å². The van der Waals surface area contributed by atoms with Crippen molar-refractivity contribution < 1.29 is 14.4 Å². The molecule has 1 fully saturated rings. The molecule has 0 bridgehead atoms. The van der Waals surface area contributed by atoms with Gasteiger partial charge in [0.15, 0.2) is 11.6 Å². The van der Waals surface area contributed by atoms with Crippen LogP contribution >= 0.6 is 0 Å². The molecule has 1 aliphatic carbocycles. The third-order valence-electron chi connectivity index (χ3n) is 2.74. The van der Waals surface area contributed by atoms with E-state index in [0.717, 1.165) is 0 Å². The molecule has 0 radical (unpaired) electrons. The first-order valence-corrected chi connectivity index (χ1v) is 5.41. The Labute approximate surface area is 89.2 Å². The minimum atomic E-state index is -0.308. The number of carbonyl (C=O) groups excluding carboxylic acids is 3. The van der Waals surface area contributed by atoms with Gasteiger partial charge in [-0.3, -0.25) is 14.4 Å². The minimum absolute atomic E-state index is 0.0838. The molecular weight excluding hydrogens is 194 g/mol. The van der Waals surface area contributed by atoms with Crippen LogP contribution in [0.15, 0.2) is 0 Å². The highest BCUT2D eigenvalue weighted by Crippen LogP contribution is 2.23. The second-order valence-electron chi connectivity index (χ2n) is 4.09. The van der Waals surface area contributed by atoms with Crippen LogP contribution in [0.1, 0.15) is 38.5 Å². The monoisotopic (exact) mass is 211 g/mol. The van der Waals surface area contributed by atoms with E-state index < -0.39 is 0 Å². The van der Waals surface area contributed by atoms with E-state index in [1.807, 2.05) is 0 Å². The van der Waals surface area contributed by atoms with Gasteiger partial charge in [0.2, 0.25) is 0 Å². The van der Waals surface area contributed by atoms with Gasteiger partial charge in [0, 0.05) is 25.7 Å². The van der Waals surface area contributed by atoms with Crippen molar-refractivity contribution in [3.05, 3.63) is 0 Å². The molecule has 2 N–H and O–H groups in total. The Kier molecular flexibility index (Phi) is 4.62. The molecule has 0 heterocycles. The van der Waals surface area contributed by atoms with E-state index in [1.54, 1.807) is 0 Å². The zero-order valence-electron chi connectivity index (χ0n) is 8.83. The quantitative estimate of drug-likeness (QED) is 0.676. The van der Waals surface area contributed by atoms with Gasteiger partial charge in [-0.15, -0.1) is 0 Å². The van der Waals surface area contributed by atoms with Crippen LogP contribution in [0, 0.1) is 5.92 Å². The van der Waals surface area contributed by atoms with E-state index in [0.29, 0.717) is 38.6 Å². The van der Waals surface area contributed by atoms with Crippen LogP contribution in [0.25, 0.3) is 0 Å². The molecule has 84 valence electrons. The molecule has 1 rings (SSSR count). The first-order chi connectivity index (χ1) is 7.13. The van der Waals surface area contributed by atoms with Gasteiger partial charge in [-0.25, -0.2) is 0 Å². The molecule has 4 nitrogen and oxygen atoms in total. The maximum Gasteiger partial charge on any atom is 0.198 e. The van der Waals surface area contributed by atoms with E-state index in [1.165, 1.54) is 0 Å². The lowest BCUT2D eigenvalue weighted by Gasteiger charge is -2.18. The standard InChI is InChI=1S/C11H17NO3/c12-5-1-2-9(13)6-8-3-4-10(14)11(15)7-8/h8H,1-7,12H2. The lowest BCUT2D eigenvalue weighted by Crippen LogP contribution is -2.26. The highest BCUT2D eigenvalue weighted by Gasteiger charge is 2.27. The third-order valence-corrected chi connectivity index (χ3v) is 2.74. The Morgan fingerprint density at radius 3 is 2.67 bits per heavy atom. The van der Waals surface area contributed by atoms with Gasteiger partial charge >= 0.3 is 0 Å². The topological polar surface area (TPSA) is 77.2 Å². The Bertz CT molecular complexity index is 273. The molecule has 0 aromatic rings. The number of carbonyl (C=O) groups is 3. The molecule has 1 atom stereocenters. The highest BCUT2D eigenvalue weighted by molar-refractivity contribution is 6.37. The molecule has 0 amide bonds. The fourth-order valence-electron chi connectivity index (χ4n) is 1.85. The molecule has 1 saturated carbocycles. The van der Waals surface area contributed by atoms with Crippen LogP contribution in [-0.4, -0.2) is 23.9 Å². The molecule has 1 unspecified atom stereocenters. The fraction of sp³-hybridized carbons (Fsp3) is 0.727. The Morgan fingerprint density at radius 2 is 2.07 bits per heavy atom. The van der Waals surface area contributed by atoms with Gasteiger partial charge in [0.25, 0.3) is 0 Å². The molecule has 0 aromatic heterocycles. The Morgan fingerprint density at radius 1 is 1.33 bits per heavy atom. The third kappa shape index (κ3) is 3.91. The van der Waals surface area contributed by atoms with Crippen molar-refractivity contribution in [3.63, 3.8) is 0 Å². The fourth-order valence-corrected chi connectivity index (χ4v) is 1.85. The summed E-state index contributed by atoms with van der Waals surface area (Å²) >= 11 is 0. The molecule has 15 heavy (non-hydrogen) atoms. The van der Waals surface area contributed by atoms with E-state index in [-0.39, 0.29) is 29.7 Å². The largest absolute Gasteiger partial charge is 0.330 e. The summed E-state index contributed by atoms with van der Waals surface area (Å²) in [5, 5.41) is 0. The lowest BCUT2D eigenvalue weighted by molar-refractivity contribution is -0.139. The minimum Gasteiger partial charge on any atom is -0.330 e. The summed E-state index contributed by atoms with van der Waals surface area (Å²) in [7, 11) is 0. The van der Waals surface area contributed by atoms with E-state index in [2.05, 4.69) is 0 Å². The van der Waals surface area contributed by atoms with Crippen molar-refractivity contribution in [3.8, 4) is 0 Å². The predicted octanol–water partition coefficient (Wildman–Crippen LogP) is 0.623. The number of hydrogen-bond donors (Lipinski definition) is 1. The smallest absolute Gasteiger partial charge is 0.198 e. The maximum absolute atomic E-state index is 11.4. The summed E-state index contributed by atoms with van der Waals surface area (Å²) in [6, 6.07) is 0. The summed E-state index contributed by atoms with van der Waals surface area (Å²) in [6.07, 6.45) is 2.88. The van der Waals surface area contributed by atoms with Crippen molar-refractivity contribution in [2.45, 2.75) is 38.5 Å². The van der Waals surface area contributed by atoms with Gasteiger partial charge in [0.1, 0.15) is 5.78 Å². The number of hydrogen-bond acceptors (Lipinski definition) is 4. The maximum atomic E-state index is 11.4. The van der Waals surface area contributed by atoms with Crippen molar-refractivity contribution in [1.29, 1.82) is 0 Å². The van der Waals surface area contributed by atoms with E-state index in [9.17, 15) is 14.4 Å². The molecule has 0 aliphatic heterocycles. The van der Waals surface area contributed by atoms with Gasteiger partial charge in [-0.1, -0.05) is 0 Å². The van der Waals surface area contributed by atoms with Gasteiger partial charge in [-0.05, 0) is 25.3 Å². The molecule has 0 saturated heterocycles. The summed E-state index contributed by atoms with van der Waals surface area (Å²) in [4.78, 5) is 33.5. The second-order valence-corrected chi connectivity index (χ2v) is 4.09. The zero-order chi connectivity index (χ0) is 11.3. The Balaban J connectivity index is 2.30. The van der Waals surface area contributed by atoms with Crippen LogP contribution in [0.3, 0.4) is 0 Å². The number of Topliss-reactive ketones (excluding diaryl/α,β-unsaturated/α-hetero) is 3. The summed E-state index contributed by atoms with van der Waals surface area (Å²) < 4.78 is 0. The molecular formula is C11H17NO3. The highest BCUT2D eigenvalue weighted by atomic mass is 16.2. The van der Waals surface area contributed by atoms with Gasteiger partial charge < -0.3 is 5.73 Å². The van der Waals surface area contributed by atoms with Crippen LogP contribution in [-0.2, 0) is 14.4 Å². The predicted molar refractivity (Wildman–Crippen MR) is 55.3 cm³/mol. The van der Waals surface area contributed by atoms with Gasteiger partial charge in [0.05, 0.1) is 0 Å². The first kappa shape index (κ1) is 12.0. The molecule has 0 spiro atoms. The summed E-state index contributed by atoms with van der Waals surface area (Å²) in [5.41, 5.74) is 5.30. The van der Waals surface area contributed by atoms with Crippen molar-refractivity contribution in [2.75, 3.05) is 6.54 Å². The molecule has 4 heteroatoms. The lowest BCUT2D eigenvalue weighted by atomic mass is 9.84. The van der Waals surface area contributed by atoms with Crippen LogP contribution < -0.4 is 5.73 Å². The first-order valence-electron chi connectivity index (χ1n) is 5.41.